The van der Waals surface area contributed by atoms with Crippen LogP contribution in [-0.4, -0.2) is 42.2 Å². The molecule has 26 heavy (non-hydrogen) atoms. The number of amides is 1. The Hall–Kier alpha value is -1.78. The minimum absolute atomic E-state index is 0.231. The van der Waals surface area contributed by atoms with E-state index in [1.54, 1.807) is 0 Å². The lowest BCUT2D eigenvalue weighted by Gasteiger charge is -2.38. The van der Waals surface area contributed by atoms with Gasteiger partial charge < -0.3 is 9.80 Å². The molecule has 3 rings (SSSR count). The normalized spacial score (nSPS) is 15.7. The summed E-state index contributed by atoms with van der Waals surface area (Å²) >= 11 is 1.92. The van der Waals surface area contributed by atoms with E-state index in [1.807, 2.05) is 41.8 Å². The topological polar surface area (TPSA) is 23.6 Å². The average Bonchev–Trinajstić information content (AvgIpc) is 2.71. The number of hydrogen-bond donors (Lipinski definition) is 0. The smallest absolute Gasteiger partial charge is 0.226 e. The number of hydrogen-bond acceptors (Lipinski definition) is 3. The third kappa shape index (κ3) is 5.12. The van der Waals surface area contributed by atoms with Crippen LogP contribution in [0.2, 0.25) is 0 Å². The van der Waals surface area contributed by atoms with Gasteiger partial charge in [0, 0.05) is 48.4 Å². The van der Waals surface area contributed by atoms with Crippen molar-refractivity contribution in [1.29, 1.82) is 0 Å². The van der Waals surface area contributed by atoms with Gasteiger partial charge in [0.25, 0.3) is 0 Å². The number of thioether (sulfide) groups is 1. The minimum atomic E-state index is 0.231. The van der Waals surface area contributed by atoms with Crippen molar-refractivity contribution >= 4 is 23.4 Å². The van der Waals surface area contributed by atoms with Gasteiger partial charge in [-0.2, -0.15) is 0 Å². The fraction of sp³-hybridized carbons (Fsp3) is 0.409. The summed E-state index contributed by atoms with van der Waals surface area (Å²) in [4.78, 5) is 18.4. The van der Waals surface area contributed by atoms with E-state index in [4.69, 9.17) is 0 Å². The molecule has 0 aliphatic carbocycles. The van der Waals surface area contributed by atoms with E-state index >= 15 is 0 Å². The summed E-state index contributed by atoms with van der Waals surface area (Å²) in [7, 11) is 0. The number of likely N-dealkylation sites (tertiary alicyclic amines) is 1. The molecule has 0 N–H and O–H groups in total. The maximum Gasteiger partial charge on any atom is 0.226 e. The first-order chi connectivity index (χ1) is 12.8. The molecule has 1 saturated heterocycles. The molecule has 1 amide bonds. The summed E-state index contributed by atoms with van der Waals surface area (Å²) in [6.07, 6.45) is 2.66. The average molecular weight is 369 g/mol. The van der Waals surface area contributed by atoms with Crippen molar-refractivity contribution < 1.29 is 4.79 Å². The fourth-order valence-electron chi connectivity index (χ4n) is 3.53. The Bertz CT molecular complexity index is 669. The highest BCUT2D eigenvalue weighted by Crippen LogP contribution is 2.25. The van der Waals surface area contributed by atoms with Crippen LogP contribution in [0.4, 0.5) is 5.69 Å². The van der Waals surface area contributed by atoms with Crippen molar-refractivity contribution in [2.24, 2.45) is 0 Å². The molecule has 0 saturated carbocycles. The number of carbonyl (C=O) groups excluding carboxylic acids is 1. The minimum Gasteiger partial charge on any atom is -0.309 e. The van der Waals surface area contributed by atoms with Gasteiger partial charge in [0.05, 0.1) is 0 Å². The number of nitrogens with zero attached hydrogens (tertiary/aromatic N) is 2. The predicted octanol–water partition coefficient (Wildman–Crippen LogP) is 4.69. The monoisotopic (exact) mass is 368 g/mol. The molecule has 1 fully saturated rings. The van der Waals surface area contributed by atoms with Crippen LogP contribution in [0.25, 0.3) is 0 Å². The highest BCUT2D eigenvalue weighted by Gasteiger charge is 2.28. The van der Waals surface area contributed by atoms with Crippen molar-refractivity contribution in [3.8, 4) is 0 Å². The number of anilines is 1. The fourth-order valence-corrected chi connectivity index (χ4v) is 4.46. The second kappa shape index (κ2) is 9.79. The van der Waals surface area contributed by atoms with Crippen LogP contribution in [0.5, 0.6) is 0 Å². The van der Waals surface area contributed by atoms with Crippen LogP contribution in [0.3, 0.4) is 0 Å². The molecule has 2 aromatic rings. The molecule has 138 valence electrons. The summed E-state index contributed by atoms with van der Waals surface area (Å²) in [6, 6.07) is 21.1. The molecule has 0 radical (unpaired) electrons. The van der Waals surface area contributed by atoms with Crippen LogP contribution in [0.1, 0.15) is 26.2 Å². The molecule has 0 bridgehead atoms. The Morgan fingerprint density at radius 1 is 1.04 bits per heavy atom. The van der Waals surface area contributed by atoms with Crippen LogP contribution in [-0.2, 0) is 4.79 Å². The van der Waals surface area contributed by atoms with E-state index in [2.05, 4.69) is 47.4 Å². The number of rotatable bonds is 7. The zero-order valence-electron chi connectivity index (χ0n) is 15.5. The Balaban J connectivity index is 1.50. The third-order valence-electron chi connectivity index (χ3n) is 4.95. The van der Waals surface area contributed by atoms with Gasteiger partial charge in [-0.05, 0) is 37.1 Å². The van der Waals surface area contributed by atoms with Gasteiger partial charge in [0.15, 0.2) is 0 Å². The van der Waals surface area contributed by atoms with Crippen molar-refractivity contribution in [2.75, 3.05) is 30.3 Å². The SMILES string of the molecule is CCC(=O)N(c1ccccc1)C1CCN(CCSc2ccccc2)CC1. The lowest BCUT2D eigenvalue weighted by atomic mass is 10.0. The molecular weight excluding hydrogens is 340 g/mol. The van der Waals surface area contributed by atoms with Crippen molar-refractivity contribution in [1.82, 2.24) is 4.90 Å². The Morgan fingerprint density at radius 2 is 1.65 bits per heavy atom. The zero-order chi connectivity index (χ0) is 18.2. The van der Waals surface area contributed by atoms with Gasteiger partial charge in [-0.1, -0.05) is 43.3 Å². The van der Waals surface area contributed by atoms with Crippen LogP contribution >= 0.6 is 11.8 Å². The van der Waals surface area contributed by atoms with E-state index in [9.17, 15) is 4.79 Å². The molecule has 0 atom stereocenters. The first kappa shape index (κ1) is 19.0. The Labute approximate surface area is 161 Å². The molecule has 0 aromatic heterocycles. The Morgan fingerprint density at radius 3 is 2.27 bits per heavy atom. The summed E-state index contributed by atoms with van der Waals surface area (Å²) in [5.41, 5.74) is 1.04. The maximum absolute atomic E-state index is 12.5. The molecule has 1 aliphatic rings. The molecular formula is C22H28N2OS. The highest BCUT2D eigenvalue weighted by atomic mass is 32.2. The summed E-state index contributed by atoms with van der Waals surface area (Å²) in [6.45, 7) is 5.20. The van der Waals surface area contributed by atoms with E-state index in [-0.39, 0.29) is 5.91 Å². The van der Waals surface area contributed by atoms with E-state index in [0.717, 1.165) is 43.9 Å². The van der Waals surface area contributed by atoms with Crippen molar-refractivity contribution in [2.45, 2.75) is 37.1 Å². The maximum atomic E-state index is 12.5. The zero-order valence-corrected chi connectivity index (χ0v) is 16.3. The third-order valence-corrected chi connectivity index (χ3v) is 5.94. The van der Waals surface area contributed by atoms with Crippen LogP contribution < -0.4 is 4.90 Å². The predicted molar refractivity (Wildman–Crippen MR) is 111 cm³/mol. The van der Waals surface area contributed by atoms with Crippen molar-refractivity contribution in [3.63, 3.8) is 0 Å². The molecule has 0 unspecified atom stereocenters. The first-order valence-electron chi connectivity index (χ1n) is 9.55. The van der Waals surface area contributed by atoms with Crippen LogP contribution in [0, 0.1) is 0 Å². The largest absolute Gasteiger partial charge is 0.309 e. The number of para-hydroxylation sites is 1. The second-order valence-electron chi connectivity index (χ2n) is 6.69. The van der Waals surface area contributed by atoms with Gasteiger partial charge in [0.2, 0.25) is 5.91 Å². The van der Waals surface area contributed by atoms with Crippen molar-refractivity contribution in [3.05, 3.63) is 60.7 Å². The number of carbonyl (C=O) groups is 1. The number of piperidine rings is 1. The van der Waals surface area contributed by atoms with Gasteiger partial charge in [-0.25, -0.2) is 0 Å². The molecule has 4 heteroatoms. The molecule has 1 aliphatic heterocycles. The molecule has 2 aromatic carbocycles. The second-order valence-corrected chi connectivity index (χ2v) is 7.86. The quantitative estimate of drug-likeness (QED) is 0.663. The standard InChI is InChI=1S/C22H28N2OS/c1-2-22(25)24(19-9-5-3-6-10-19)20-13-15-23(16-14-20)17-18-26-21-11-7-4-8-12-21/h3-12,20H,2,13-18H2,1H3. The van der Waals surface area contributed by atoms with E-state index in [1.165, 1.54) is 4.90 Å². The van der Waals surface area contributed by atoms with E-state index < -0.39 is 0 Å². The summed E-state index contributed by atoms with van der Waals surface area (Å²) in [5.74, 6) is 1.35. The summed E-state index contributed by atoms with van der Waals surface area (Å²) in [5, 5.41) is 0. The van der Waals surface area contributed by atoms with Gasteiger partial charge in [-0.3, -0.25) is 4.79 Å². The molecule has 1 heterocycles. The van der Waals surface area contributed by atoms with Gasteiger partial charge in [0.1, 0.15) is 0 Å². The summed E-state index contributed by atoms with van der Waals surface area (Å²) < 4.78 is 0. The lowest BCUT2D eigenvalue weighted by molar-refractivity contribution is -0.119. The molecule has 0 spiro atoms. The van der Waals surface area contributed by atoms with E-state index in [0.29, 0.717) is 12.5 Å². The van der Waals surface area contributed by atoms with Crippen LogP contribution in [0.15, 0.2) is 65.6 Å². The lowest BCUT2D eigenvalue weighted by Crippen LogP contribution is -2.48. The first-order valence-corrected chi connectivity index (χ1v) is 10.5. The van der Waals surface area contributed by atoms with Gasteiger partial charge in [-0.15, -0.1) is 11.8 Å². The Kier molecular flexibility index (Phi) is 7.15. The molecule has 3 nitrogen and oxygen atoms in total. The number of benzene rings is 2. The highest BCUT2D eigenvalue weighted by molar-refractivity contribution is 7.99. The van der Waals surface area contributed by atoms with Gasteiger partial charge >= 0.3 is 0 Å².